The van der Waals surface area contributed by atoms with Gasteiger partial charge in [-0.25, -0.2) is 0 Å². The molecular formula is C16H34N2O. The number of ether oxygens (including phenoxy) is 1. The molecule has 0 aliphatic carbocycles. The quantitative estimate of drug-likeness (QED) is 0.720. The summed E-state index contributed by atoms with van der Waals surface area (Å²) in [6, 6.07) is 1.36. The zero-order valence-electron chi connectivity index (χ0n) is 13.5. The summed E-state index contributed by atoms with van der Waals surface area (Å²) in [6.45, 7) is 14.5. The molecule has 1 heterocycles. The Hall–Kier alpha value is -0.120. The van der Waals surface area contributed by atoms with Crippen LogP contribution in [0.15, 0.2) is 0 Å². The Morgan fingerprint density at radius 1 is 1.26 bits per heavy atom. The lowest BCUT2D eigenvalue weighted by molar-refractivity contribution is 0.0969. The maximum Gasteiger partial charge on any atom is 0.0489 e. The molecule has 3 heteroatoms. The van der Waals surface area contributed by atoms with Crippen molar-refractivity contribution in [1.29, 1.82) is 0 Å². The second-order valence-electron chi connectivity index (χ2n) is 6.41. The Balaban J connectivity index is 2.17. The topological polar surface area (TPSA) is 24.5 Å². The Morgan fingerprint density at radius 2 is 2.00 bits per heavy atom. The largest absolute Gasteiger partial charge is 0.381 e. The van der Waals surface area contributed by atoms with E-state index >= 15 is 0 Å². The van der Waals surface area contributed by atoms with E-state index in [9.17, 15) is 0 Å². The van der Waals surface area contributed by atoms with E-state index in [1.165, 1.54) is 45.3 Å². The Bertz CT molecular complexity index is 221. The lowest BCUT2D eigenvalue weighted by atomic mass is 10.1. The Labute approximate surface area is 120 Å². The minimum Gasteiger partial charge on any atom is -0.381 e. The van der Waals surface area contributed by atoms with Crippen molar-refractivity contribution in [3.05, 3.63) is 0 Å². The summed E-state index contributed by atoms with van der Waals surface area (Å²) in [5, 5.41) is 3.73. The molecule has 1 N–H and O–H groups in total. The van der Waals surface area contributed by atoms with Gasteiger partial charge in [-0.1, -0.05) is 20.8 Å². The summed E-state index contributed by atoms with van der Waals surface area (Å²) in [5.41, 5.74) is 0. The smallest absolute Gasteiger partial charge is 0.0489 e. The van der Waals surface area contributed by atoms with E-state index in [0.717, 1.165) is 13.2 Å². The molecule has 0 aromatic carbocycles. The third kappa shape index (κ3) is 7.91. The molecule has 0 aromatic rings. The maximum absolute atomic E-state index is 5.67. The second kappa shape index (κ2) is 9.73. The van der Waals surface area contributed by atoms with Crippen molar-refractivity contribution < 1.29 is 4.74 Å². The molecule has 2 unspecified atom stereocenters. The van der Waals surface area contributed by atoms with E-state index in [0.29, 0.717) is 18.0 Å². The van der Waals surface area contributed by atoms with Crippen molar-refractivity contribution in [2.75, 3.05) is 32.8 Å². The zero-order valence-corrected chi connectivity index (χ0v) is 13.5. The van der Waals surface area contributed by atoms with Crippen molar-refractivity contribution in [3.63, 3.8) is 0 Å². The van der Waals surface area contributed by atoms with Crippen LogP contribution < -0.4 is 5.32 Å². The highest BCUT2D eigenvalue weighted by atomic mass is 16.5. The molecule has 1 fully saturated rings. The lowest BCUT2D eigenvalue weighted by Gasteiger charge is -2.32. The van der Waals surface area contributed by atoms with E-state index in [-0.39, 0.29) is 0 Å². The Morgan fingerprint density at radius 3 is 2.68 bits per heavy atom. The van der Waals surface area contributed by atoms with Crippen molar-refractivity contribution in [2.45, 2.75) is 65.5 Å². The van der Waals surface area contributed by atoms with Crippen LogP contribution in [0.4, 0.5) is 0 Å². The Kier molecular flexibility index (Phi) is 8.67. The average Bonchev–Trinajstić information content (AvgIpc) is 2.36. The van der Waals surface area contributed by atoms with E-state index in [1.54, 1.807) is 0 Å². The predicted octanol–water partition coefficient (Wildman–Crippen LogP) is 2.90. The number of nitrogens with one attached hydrogen (secondary N) is 1. The van der Waals surface area contributed by atoms with Gasteiger partial charge < -0.3 is 15.0 Å². The number of rotatable bonds is 7. The van der Waals surface area contributed by atoms with Gasteiger partial charge in [0.15, 0.2) is 0 Å². The summed E-state index contributed by atoms with van der Waals surface area (Å²) in [4.78, 5) is 2.62. The summed E-state index contributed by atoms with van der Waals surface area (Å²) in [5.74, 6) is 0.652. The molecule has 19 heavy (non-hydrogen) atoms. The highest BCUT2D eigenvalue weighted by Gasteiger charge is 2.17. The lowest BCUT2D eigenvalue weighted by Crippen LogP contribution is -2.44. The third-order valence-corrected chi connectivity index (χ3v) is 3.90. The standard InChI is InChI=1S/C16H34N2O/c1-5-16-8-11-18(10-7-15(4)17-16)9-6-12-19-13-14(2)3/h14-17H,5-13H2,1-4H3. The number of hydrogen-bond donors (Lipinski definition) is 1. The van der Waals surface area contributed by atoms with Crippen LogP contribution in [0, 0.1) is 5.92 Å². The molecule has 114 valence electrons. The van der Waals surface area contributed by atoms with Crippen molar-refractivity contribution in [1.82, 2.24) is 10.2 Å². The van der Waals surface area contributed by atoms with Crippen LogP contribution in [-0.2, 0) is 4.74 Å². The first-order chi connectivity index (χ1) is 9.11. The summed E-state index contributed by atoms with van der Waals surface area (Å²) in [6.07, 6.45) is 4.97. The SMILES string of the molecule is CCC1CCN(CCCOCC(C)C)CCC(C)N1. The molecule has 0 radical (unpaired) electrons. The molecule has 1 rings (SSSR count). The normalized spacial score (nSPS) is 26.4. The fourth-order valence-corrected chi connectivity index (χ4v) is 2.65. The summed E-state index contributed by atoms with van der Waals surface area (Å²) >= 11 is 0. The molecule has 1 aliphatic heterocycles. The molecule has 3 nitrogen and oxygen atoms in total. The first-order valence-electron chi connectivity index (χ1n) is 8.18. The minimum atomic E-state index is 0.652. The fraction of sp³-hybridized carbons (Fsp3) is 1.00. The second-order valence-corrected chi connectivity index (χ2v) is 6.41. The van der Waals surface area contributed by atoms with Gasteiger partial charge in [0.2, 0.25) is 0 Å². The van der Waals surface area contributed by atoms with Crippen LogP contribution in [0.2, 0.25) is 0 Å². The summed E-state index contributed by atoms with van der Waals surface area (Å²) < 4.78 is 5.67. The molecule has 0 amide bonds. The molecular weight excluding hydrogens is 236 g/mol. The minimum absolute atomic E-state index is 0.652. The molecule has 0 saturated carbocycles. The predicted molar refractivity (Wildman–Crippen MR) is 82.6 cm³/mol. The van der Waals surface area contributed by atoms with Crippen molar-refractivity contribution in [2.24, 2.45) is 5.92 Å². The van der Waals surface area contributed by atoms with Crippen LogP contribution in [0.3, 0.4) is 0 Å². The third-order valence-electron chi connectivity index (χ3n) is 3.90. The van der Waals surface area contributed by atoms with Gasteiger partial charge in [-0.05, 0) is 51.6 Å². The van der Waals surface area contributed by atoms with E-state index in [4.69, 9.17) is 4.74 Å². The van der Waals surface area contributed by atoms with Crippen molar-refractivity contribution >= 4 is 0 Å². The van der Waals surface area contributed by atoms with Gasteiger partial charge in [-0.2, -0.15) is 0 Å². The van der Waals surface area contributed by atoms with Gasteiger partial charge in [0, 0.05) is 31.8 Å². The average molecular weight is 270 g/mol. The number of hydrogen-bond acceptors (Lipinski definition) is 3. The molecule has 0 spiro atoms. The van der Waals surface area contributed by atoms with Gasteiger partial charge in [0.05, 0.1) is 0 Å². The molecule has 1 aliphatic rings. The summed E-state index contributed by atoms with van der Waals surface area (Å²) in [7, 11) is 0. The van der Waals surface area contributed by atoms with E-state index < -0.39 is 0 Å². The van der Waals surface area contributed by atoms with Crippen LogP contribution in [0.25, 0.3) is 0 Å². The van der Waals surface area contributed by atoms with Gasteiger partial charge in [0.1, 0.15) is 0 Å². The van der Waals surface area contributed by atoms with Crippen LogP contribution in [0.5, 0.6) is 0 Å². The van der Waals surface area contributed by atoms with Gasteiger partial charge in [0.25, 0.3) is 0 Å². The maximum atomic E-state index is 5.67. The van der Waals surface area contributed by atoms with E-state index in [2.05, 4.69) is 37.9 Å². The monoisotopic (exact) mass is 270 g/mol. The van der Waals surface area contributed by atoms with Crippen molar-refractivity contribution in [3.8, 4) is 0 Å². The van der Waals surface area contributed by atoms with Crippen LogP contribution in [0.1, 0.15) is 53.4 Å². The molecule has 0 bridgehead atoms. The van der Waals surface area contributed by atoms with Crippen LogP contribution in [-0.4, -0.2) is 49.8 Å². The van der Waals surface area contributed by atoms with Gasteiger partial charge in [-0.3, -0.25) is 0 Å². The molecule has 1 saturated heterocycles. The van der Waals surface area contributed by atoms with E-state index in [1.807, 2.05) is 0 Å². The number of nitrogens with zero attached hydrogens (tertiary/aromatic N) is 1. The fourth-order valence-electron chi connectivity index (χ4n) is 2.65. The van der Waals surface area contributed by atoms with Gasteiger partial charge >= 0.3 is 0 Å². The highest BCUT2D eigenvalue weighted by Crippen LogP contribution is 2.09. The highest BCUT2D eigenvalue weighted by molar-refractivity contribution is 4.76. The first-order valence-corrected chi connectivity index (χ1v) is 8.18. The molecule has 2 atom stereocenters. The first kappa shape index (κ1) is 16.9. The van der Waals surface area contributed by atoms with Gasteiger partial charge in [-0.15, -0.1) is 0 Å². The zero-order chi connectivity index (χ0) is 14.1. The molecule has 0 aromatic heterocycles. The van der Waals surface area contributed by atoms with Crippen LogP contribution >= 0.6 is 0 Å².